The van der Waals surface area contributed by atoms with Crippen molar-refractivity contribution in [3.05, 3.63) is 0 Å². The van der Waals surface area contributed by atoms with E-state index in [4.69, 9.17) is 1.37 Å². The topological polar surface area (TPSA) is 0 Å². The van der Waals surface area contributed by atoms with E-state index in [0.717, 1.165) is 0 Å². The van der Waals surface area contributed by atoms with Crippen LogP contribution in [0.4, 0.5) is 13.2 Å². The van der Waals surface area contributed by atoms with Crippen LogP contribution in [0.15, 0.2) is 0 Å². The van der Waals surface area contributed by atoms with Gasteiger partial charge in [-0.2, -0.15) is 13.2 Å². The minimum atomic E-state index is -4.19. The van der Waals surface area contributed by atoms with Gasteiger partial charge in [-0.3, -0.25) is 0 Å². The molecule has 0 aliphatic heterocycles. The lowest BCUT2D eigenvalue weighted by molar-refractivity contribution is -0.183. The first-order valence-electron chi connectivity index (χ1n) is 4.33. The van der Waals surface area contributed by atoms with Crippen LogP contribution in [0.3, 0.4) is 0 Å². The molecule has 1 fully saturated rings. The van der Waals surface area contributed by atoms with E-state index in [2.05, 4.69) is 0 Å². The van der Waals surface area contributed by atoms with Gasteiger partial charge in [0.05, 0.1) is 5.92 Å². The summed E-state index contributed by atoms with van der Waals surface area (Å²) in [4.78, 5) is 0. The highest BCUT2D eigenvalue weighted by atomic mass is 19.4. The largest absolute Gasteiger partial charge is 0.392 e. The zero-order valence-corrected chi connectivity index (χ0v) is 6.70. The maximum Gasteiger partial charge on any atom is 0.392 e. The van der Waals surface area contributed by atoms with Crippen LogP contribution in [0, 0.1) is 17.7 Å². The van der Waals surface area contributed by atoms with Crippen LogP contribution >= 0.6 is 0 Å². The van der Waals surface area contributed by atoms with Gasteiger partial charge < -0.3 is 0 Å². The van der Waals surface area contributed by atoms with E-state index in [0.29, 0.717) is 6.42 Å². The molecule has 11 heavy (non-hydrogen) atoms. The van der Waals surface area contributed by atoms with Crippen molar-refractivity contribution in [3.8, 4) is 0 Å². The van der Waals surface area contributed by atoms with E-state index in [1.165, 1.54) is 6.92 Å². The average molecular weight is 167 g/mol. The highest BCUT2D eigenvalue weighted by molar-refractivity contribution is 4.83. The van der Waals surface area contributed by atoms with Gasteiger partial charge in [-0.15, -0.1) is 0 Å². The normalized spacial score (nSPS) is 47.5. The summed E-state index contributed by atoms with van der Waals surface area (Å²) in [5.41, 5.74) is 0. The van der Waals surface area contributed by atoms with Crippen molar-refractivity contribution < 1.29 is 14.5 Å². The van der Waals surface area contributed by atoms with Crippen LogP contribution in [0.25, 0.3) is 0 Å². The number of alkyl halides is 3. The van der Waals surface area contributed by atoms with Gasteiger partial charge in [-0.1, -0.05) is 13.8 Å². The van der Waals surface area contributed by atoms with Crippen LogP contribution in [-0.4, -0.2) is 6.18 Å². The maximum atomic E-state index is 12.3. The molecule has 1 rings (SSSR count). The molecular weight excluding hydrogens is 153 g/mol. The van der Waals surface area contributed by atoms with Gasteiger partial charge >= 0.3 is 6.18 Å². The van der Waals surface area contributed by atoms with Gasteiger partial charge in [-0.25, -0.2) is 0 Å². The van der Waals surface area contributed by atoms with E-state index in [-0.39, 0.29) is 12.3 Å². The Morgan fingerprint density at radius 3 is 2.00 bits per heavy atom. The summed E-state index contributed by atoms with van der Waals surface area (Å²) in [5, 5.41) is 0. The first kappa shape index (κ1) is 7.44. The lowest BCUT2D eigenvalue weighted by Gasteiger charge is -2.20. The van der Waals surface area contributed by atoms with Gasteiger partial charge in [0.25, 0.3) is 0 Å². The van der Waals surface area contributed by atoms with Crippen LogP contribution in [-0.2, 0) is 0 Å². The van der Waals surface area contributed by atoms with Gasteiger partial charge in [-0.05, 0) is 24.7 Å². The zero-order chi connectivity index (χ0) is 9.57. The Kier molecular flexibility index (Phi) is 1.81. The van der Waals surface area contributed by atoms with Gasteiger partial charge in [0.15, 0.2) is 0 Å². The Labute approximate surface area is 66.2 Å². The van der Waals surface area contributed by atoms with E-state index in [9.17, 15) is 13.2 Å². The third kappa shape index (κ3) is 1.68. The molecule has 0 nitrogen and oxygen atoms in total. The highest BCUT2D eigenvalue weighted by Gasteiger charge is 2.47. The van der Waals surface area contributed by atoms with Crippen molar-refractivity contribution in [2.45, 2.75) is 32.9 Å². The Bertz CT molecular complexity index is 174. The molecule has 0 bridgehead atoms. The third-order valence-corrected chi connectivity index (χ3v) is 2.61. The Morgan fingerprint density at radius 2 is 1.82 bits per heavy atom. The lowest BCUT2D eigenvalue weighted by Crippen LogP contribution is -2.26. The van der Waals surface area contributed by atoms with Crippen molar-refractivity contribution in [1.29, 1.82) is 0 Å². The SMILES string of the molecule is [2H]C1(C)C(C)CCC1C(F)(F)F. The first-order valence-corrected chi connectivity index (χ1v) is 3.83. The van der Waals surface area contributed by atoms with Crippen LogP contribution in [0.2, 0.25) is 0 Å². The smallest absolute Gasteiger partial charge is 0.171 e. The summed E-state index contributed by atoms with van der Waals surface area (Å²) in [5.74, 6) is -2.90. The molecule has 0 radical (unpaired) electrons. The predicted molar refractivity (Wildman–Crippen MR) is 37.1 cm³/mol. The van der Waals surface area contributed by atoms with Gasteiger partial charge in [0.2, 0.25) is 0 Å². The molecule has 1 aliphatic rings. The molecule has 0 heterocycles. The number of hydrogen-bond acceptors (Lipinski definition) is 0. The van der Waals surface area contributed by atoms with Crippen molar-refractivity contribution in [1.82, 2.24) is 0 Å². The molecule has 1 aliphatic carbocycles. The summed E-state index contributed by atoms with van der Waals surface area (Å²) in [6, 6.07) is 0. The van der Waals surface area contributed by atoms with Gasteiger partial charge in [0, 0.05) is 1.37 Å². The summed E-state index contributed by atoms with van der Waals surface area (Å²) in [6.45, 7) is 3.11. The fraction of sp³-hybridized carbons (Fsp3) is 1.00. The molecule has 1 saturated carbocycles. The summed E-state index contributed by atoms with van der Waals surface area (Å²) >= 11 is 0. The van der Waals surface area contributed by atoms with Crippen LogP contribution in [0.1, 0.15) is 28.1 Å². The Morgan fingerprint density at radius 1 is 1.27 bits per heavy atom. The molecule has 0 aromatic rings. The first-order chi connectivity index (χ1) is 5.26. The molecule has 66 valence electrons. The molecule has 0 N–H and O–H groups in total. The summed E-state index contributed by atoms with van der Waals surface area (Å²) < 4.78 is 44.5. The van der Waals surface area contributed by atoms with Crippen LogP contribution < -0.4 is 0 Å². The number of halogens is 3. The summed E-state index contributed by atoms with van der Waals surface area (Å²) in [7, 11) is 0. The fourth-order valence-electron chi connectivity index (χ4n) is 1.64. The van der Waals surface area contributed by atoms with E-state index >= 15 is 0 Å². The van der Waals surface area contributed by atoms with Crippen molar-refractivity contribution in [2.24, 2.45) is 17.7 Å². The molecule has 0 aromatic carbocycles. The minimum Gasteiger partial charge on any atom is -0.171 e. The second kappa shape index (κ2) is 2.68. The molecule has 3 heteroatoms. The van der Waals surface area contributed by atoms with Crippen LogP contribution in [0.5, 0.6) is 0 Å². The van der Waals surface area contributed by atoms with Crippen molar-refractivity contribution >= 4 is 0 Å². The molecular formula is C8H13F3. The average Bonchev–Trinajstić information content (AvgIpc) is 2.06. The van der Waals surface area contributed by atoms with E-state index in [1.54, 1.807) is 6.92 Å². The maximum absolute atomic E-state index is 12.3. The Balaban J connectivity index is 2.82. The standard InChI is InChI=1S/C8H13F3/c1-5-3-4-7(6(5)2)8(9,10)11/h5-7H,3-4H2,1-2H3/i6D. The molecule has 0 aromatic heterocycles. The van der Waals surface area contributed by atoms with Crippen molar-refractivity contribution in [2.75, 3.05) is 0 Å². The summed E-state index contributed by atoms with van der Waals surface area (Å²) in [6.07, 6.45) is -3.56. The molecule has 0 spiro atoms. The molecule has 3 atom stereocenters. The fourth-order valence-corrected chi connectivity index (χ4v) is 1.64. The predicted octanol–water partition coefficient (Wildman–Crippen LogP) is 3.23. The molecule has 3 unspecified atom stereocenters. The molecule has 0 saturated heterocycles. The monoisotopic (exact) mass is 167 g/mol. The third-order valence-electron chi connectivity index (χ3n) is 2.61. The van der Waals surface area contributed by atoms with E-state index in [1.807, 2.05) is 0 Å². The minimum absolute atomic E-state index is 0.116. The lowest BCUT2D eigenvalue weighted by atomic mass is 9.92. The zero-order valence-electron chi connectivity index (χ0n) is 7.70. The second-order valence-corrected chi connectivity index (χ2v) is 3.32. The second-order valence-electron chi connectivity index (χ2n) is 3.32. The van der Waals surface area contributed by atoms with E-state index < -0.39 is 18.0 Å². The van der Waals surface area contributed by atoms with Crippen molar-refractivity contribution in [3.63, 3.8) is 0 Å². The van der Waals surface area contributed by atoms with Gasteiger partial charge in [0.1, 0.15) is 0 Å². The number of hydrogen-bond donors (Lipinski definition) is 0. The Hall–Kier alpha value is -0.210. The number of rotatable bonds is 0. The molecule has 0 amide bonds. The highest BCUT2D eigenvalue weighted by Crippen LogP contribution is 2.45. The quantitative estimate of drug-likeness (QED) is 0.519.